The predicted molar refractivity (Wildman–Crippen MR) is 71.5 cm³/mol. The number of para-hydroxylation sites is 1. The van der Waals surface area contributed by atoms with E-state index in [0.29, 0.717) is 36.9 Å². The van der Waals surface area contributed by atoms with Crippen LogP contribution in [0.1, 0.15) is 0 Å². The molecule has 102 valence electrons. The SMILES string of the molecule is NC(=O)N1CCN(c2c(Cl)cccc2[N+](=O)[O-])CC1. The van der Waals surface area contributed by atoms with Gasteiger partial charge in [-0.1, -0.05) is 17.7 Å². The molecule has 0 saturated carbocycles. The van der Waals surface area contributed by atoms with Gasteiger partial charge in [0.05, 0.1) is 9.95 Å². The minimum Gasteiger partial charge on any atom is -0.361 e. The normalized spacial score (nSPS) is 15.4. The van der Waals surface area contributed by atoms with Crippen LogP contribution in [0, 0.1) is 10.1 Å². The molecule has 0 bridgehead atoms. The van der Waals surface area contributed by atoms with E-state index in [9.17, 15) is 14.9 Å². The summed E-state index contributed by atoms with van der Waals surface area (Å²) in [6, 6.07) is 4.10. The highest BCUT2D eigenvalue weighted by atomic mass is 35.5. The number of rotatable bonds is 2. The summed E-state index contributed by atoms with van der Waals surface area (Å²) >= 11 is 6.05. The van der Waals surface area contributed by atoms with E-state index in [1.54, 1.807) is 17.0 Å². The summed E-state index contributed by atoms with van der Waals surface area (Å²) in [5, 5.41) is 11.4. The molecule has 0 unspecified atom stereocenters. The zero-order valence-electron chi connectivity index (χ0n) is 10.1. The van der Waals surface area contributed by atoms with Gasteiger partial charge in [0.25, 0.3) is 5.69 Å². The second-order valence-corrected chi connectivity index (χ2v) is 4.58. The molecule has 1 fully saturated rings. The van der Waals surface area contributed by atoms with Crippen molar-refractivity contribution in [3.05, 3.63) is 33.3 Å². The van der Waals surface area contributed by atoms with Crippen LogP contribution < -0.4 is 10.6 Å². The molecule has 0 aliphatic carbocycles. The minimum absolute atomic E-state index is 0.0278. The Morgan fingerprint density at radius 3 is 2.47 bits per heavy atom. The Balaban J connectivity index is 2.24. The van der Waals surface area contributed by atoms with Gasteiger partial charge in [-0.3, -0.25) is 10.1 Å². The van der Waals surface area contributed by atoms with E-state index in [2.05, 4.69) is 0 Å². The third-order valence-electron chi connectivity index (χ3n) is 3.07. The summed E-state index contributed by atoms with van der Waals surface area (Å²) < 4.78 is 0. The van der Waals surface area contributed by atoms with E-state index in [0.717, 1.165) is 0 Å². The van der Waals surface area contributed by atoms with Crippen LogP contribution in [0.5, 0.6) is 0 Å². The lowest BCUT2D eigenvalue weighted by Crippen LogP contribution is -2.50. The molecule has 0 spiro atoms. The first-order valence-electron chi connectivity index (χ1n) is 5.73. The lowest BCUT2D eigenvalue weighted by Gasteiger charge is -2.35. The summed E-state index contributed by atoms with van der Waals surface area (Å²) in [6.45, 7) is 1.79. The number of hydrogen-bond acceptors (Lipinski definition) is 4. The molecular weight excluding hydrogens is 272 g/mol. The van der Waals surface area contributed by atoms with E-state index < -0.39 is 11.0 Å². The first kappa shape index (κ1) is 13.4. The average molecular weight is 285 g/mol. The zero-order valence-corrected chi connectivity index (χ0v) is 10.8. The lowest BCUT2D eigenvalue weighted by molar-refractivity contribution is -0.384. The molecule has 1 heterocycles. The number of hydrogen-bond donors (Lipinski definition) is 1. The number of nitro groups is 1. The van der Waals surface area contributed by atoms with Crippen LogP contribution in [0.4, 0.5) is 16.2 Å². The molecule has 2 amide bonds. The van der Waals surface area contributed by atoms with Crippen molar-refractivity contribution in [3.8, 4) is 0 Å². The number of benzene rings is 1. The molecular formula is C11H13ClN4O3. The van der Waals surface area contributed by atoms with Gasteiger partial charge in [-0.05, 0) is 6.07 Å². The van der Waals surface area contributed by atoms with Gasteiger partial charge in [-0.25, -0.2) is 4.79 Å². The van der Waals surface area contributed by atoms with Crippen molar-refractivity contribution < 1.29 is 9.72 Å². The molecule has 8 heteroatoms. The number of nitro benzene ring substituents is 1. The Labute approximate surface area is 114 Å². The zero-order chi connectivity index (χ0) is 14.0. The second-order valence-electron chi connectivity index (χ2n) is 4.18. The fourth-order valence-corrected chi connectivity index (χ4v) is 2.40. The molecule has 2 N–H and O–H groups in total. The molecule has 1 aliphatic rings. The van der Waals surface area contributed by atoms with Crippen LogP contribution >= 0.6 is 11.6 Å². The highest BCUT2D eigenvalue weighted by molar-refractivity contribution is 6.33. The fourth-order valence-electron chi connectivity index (χ4n) is 2.11. The van der Waals surface area contributed by atoms with Crippen LogP contribution in [-0.2, 0) is 0 Å². The van der Waals surface area contributed by atoms with Gasteiger partial charge < -0.3 is 15.5 Å². The van der Waals surface area contributed by atoms with E-state index in [1.165, 1.54) is 11.0 Å². The van der Waals surface area contributed by atoms with Crippen molar-refractivity contribution in [2.45, 2.75) is 0 Å². The van der Waals surface area contributed by atoms with Gasteiger partial charge in [-0.15, -0.1) is 0 Å². The van der Waals surface area contributed by atoms with Gasteiger partial charge in [-0.2, -0.15) is 0 Å². The molecule has 7 nitrogen and oxygen atoms in total. The monoisotopic (exact) mass is 284 g/mol. The van der Waals surface area contributed by atoms with Crippen molar-refractivity contribution in [1.29, 1.82) is 0 Å². The molecule has 2 rings (SSSR count). The lowest BCUT2D eigenvalue weighted by atomic mass is 10.2. The van der Waals surface area contributed by atoms with Crippen LogP contribution in [0.2, 0.25) is 5.02 Å². The largest absolute Gasteiger partial charge is 0.361 e. The standard InChI is InChI=1S/C11H13ClN4O3/c12-8-2-1-3-9(16(18)19)10(8)14-4-6-15(7-5-14)11(13)17/h1-3H,4-7H2,(H2,13,17). The number of nitrogens with two attached hydrogens (primary N) is 1. The van der Waals surface area contributed by atoms with E-state index in [1.807, 2.05) is 0 Å². The summed E-state index contributed by atoms with van der Waals surface area (Å²) in [4.78, 5) is 24.9. The van der Waals surface area contributed by atoms with Crippen LogP contribution in [0.3, 0.4) is 0 Å². The number of carbonyl (C=O) groups is 1. The molecule has 0 atom stereocenters. The van der Waals surface area contributed by atoms with Crippen molar-refractivity contribution >= 4 is 29.0 Å². The highest BCUT2D eigenvalue weighted by Gasteiger charge is 2.26. The summed E-state index contributed by atoms with van der Waals surface area (Å²) in [5.74, 6) is 0. The number of urea groups is 1. The highest BCUT2D eigenvalue weighted by Crippen LogP contribution is 2.35. The maximum absolute atomic E-state index is 11.0. The predicted octanol–water partition coefficient (Wildman–Crippen LogP) is 1.45. The summed E-state index contributed by atoms with van der Waals surface area (Å²) in [6.07, 6.45) is 0. The Morgan fingerprint density at radius 2 is 1.95 bits per heavy atom. The maximum Gasteiger partial charge on any atom is 0.314 e. The minimum atomic E-state index is -0.478. The Kier molecular flexibility index (Phi) is 3.75. The molecule has 0 aromatic heterocycles. The topological polar surface area (TPSA) is 92.7 Å². The van der Waals surface area contributed by atoms with Crippen LogP contribution in [-0.4, -0.2) is 42.0 Å². The molecule has 1 aromatic rings. The maximum atomic E-state index is 11.0. The summed E-state index contributed by atoms with van der Waals surface area (Å²) in [5.41, 5.74) is 5.57. The number of halogens is 1. The van der Waals surface area contributed by atoms with E-state index >= 15 is 0 Å². The van der Waals surface area contributed by atoms with Crippen molar-refractivity contribution in [1.82, 2.24) is 4.90 Å². The van der Waals surface area contributed by atoms with Gasteiger partial charge in [0.1, 0.15) is 5.69 Å². The van der Waals surface area contributed by atoms with E-state index in [4.69, 9.17) is 17.3 Å². The molecule has 1 aromatic carbocycles. The Morgan fingerprint density at radius 1 is 1.32 bits per heavy atom. The van der Waals surface area contributed by atoms with E-state index in [-0.39, 0.29) is 5.69 Å². The van der Waals surface area contributed by atoms with Crippen molar-refractivity contribution in [2.24, 2.45) is 5.73 Å². The van der Waals surface area contributed by atoms with Crippen molar-refractivity contribution in [2.75, 3.05) is 31.1 Å². The molecule has 1 saturated heterocycles. The number of piperazine rings is 1. The Hall–Kier alpha value is -2.02. The first-order chi connectivity index (χ1) is 9.00. The second kappa shape index (κ2) is 5.31. The van der Waals surface area contributed by atoms with Crippen LogP contribution in [0.25, 0.3) is 0 Å². The number of anilines is 1. The van der Waals surface area contributed by atoms with Gasteiger partial charge in [0, 0.05) is 32.2 Å². The number of amides is 2. The van der Waals surface area contributed by atoms with Gasteiger partial charge in [0.15, 0.2) is 0 Å². The number of carbonyl (C=O) groups excluding carboxylic acids is 1. The Bertz CT molecular complexity index is 515. The average Bonchev–Trinajstić information content (AvgIpc) is 2.38. The molecule has 19 heavy (non-hydrogen) atoms. The van der Waals surface area contributed by atoms with Gasteiger partial charge >= 0.3 is 6.03 Å². The van der Waals surface area contributed by atoms with Crippen LogP contribution in [0.15, 0.2) is 18.2 Å². The van der Waals surface area contributed by atoms with Crippen molar-refractivity contribution in [3.63, 3.8) is 0 Å². The smallest absolute Gasteiger partial charge is 0.314 e. The third-order valence-corrected chi connectivity index (χ3v) is 3.37. The third kappa shape index (κ3) is 2.70. The first-order valence-corrected chi connectivity index (χ1v) is 6.10. The fraction of sp³-hybridized carbons (Fsp3) is 0.364. The number of nitrogens with zero attached hydrogens (tertiary/aromatic N) is 3. The summed E-state index contributed by atoms with van der Waals surface area (Å²) in [7, 11) is 0. The quantitative estimate of drug-likeness (QED) is 0.657. The molecule has 1 aliphatic heterocycles. The number of primary amides is 1. The molecule has 0 radical (unpaired) electrons. The van der Waals surface area contributed by atoms with Gasteiger partial charge in [0.2, 0.25) is 0 Å².